The summed E-state index contributed by atoms with van der Waals surface area (Å²) in [5.74, 6) is 0.756. The van der Waals surface area contributed by atoms with Gasteiger partial charge in [-0.3, -0.25) is 4.98 Å². The van der Waals surface area contributed by atoms with E-state index in [0.717, 1.165) is 17.9 Å². The number of hydrogen-bond acceptors (Lipinski definition) is 4. The molecule has 1 N–H and O–H groups in total. The van der Waals surface area contributed by atoms with Crippen LogP contribution in [0.2, 0.25) is 0 Å². The Morgan fingerprint density at radius 2 is 1.89 bits per heavy atom. The van der Waals surface area contributed by atoms with E-state index in [4.69, 9.17) is 10.00 Å². The van der Waals surface area contributed by atoms with E-state index in [1.54, 1.807) is 12.4 Å². The Balaban J connectivity index is 1.90. The Kier molecular flexibility index (Phi) is 4.91. The molecule has 0 saturated carbocycles. The van der Waals surface area contributed by atoms with Crippen molar-refractivity contribution in [2.75, 3.05) is 6.61 Å². The van der Waals surface area contributed by atoms with E-state index in [1.807, 2.05) is 42.5 Å². The lowest BCUT2D eigenvalue weighted by Crippen LogP contribution is -2.13. The van der Waals surface area contributed by atoms with Gasteiger partial charge in [0.05, 0.1) is 0 Å². The number of pyridine rings is 1. The zero-order chi connectivity index (χ0) is 13.3. The zero-order valence-corrected chi connectivity index (χ0v) is 10.5. The fraction of sp³-hybridized carbons (Fsp3) is 0.200. The highest BCUT2D eigenvalue weighted by Gasteiger charge is 2.02. The Hall–Kier alpha value is -2.38. The lowest BCUT2D eigenvalue weighted by Gasteiger charge is -2.10. The van der Waals surface area contributed by atoms with Crippen LogP contribution >= 0.6 is 0 Å². The summed E-state index contributed by atoms with van der Waals surface area (Å²) in [5.41, 5.74) is 2.23. The van der Waals surface area contributed by atoms with Gasteiger partial charge < -0.3 is 10.1 Å². The predicted molar refractivity (Wildman–Crippen MR) is 72.3 cm³/mol. The molecule has 0 aliphatic rings. The Bertz CT molecular complexity index is 549. The molecule has 0 radical (unpaired) electrons. The SMILES string of the molecule is N#CCOc1ccccc1CNCc1ccncc1. The Morgan fingerprint density at radius 1 is 1.11 bits per heavy atom. The number of hydrogen-bond donors (Lipinski definition) is 1. The lowest BCUT2D eigenvalue weighted by atomic mass is 10.2. The first-order chi connectivity index (χ1) is 9.40. The second kappa shape index (κ2) is 7.14. The maximum atomic E-state index is 8.55. The molecule has 19 heavy (non-hydrogen) atoms. The molecule has 2 rings (SSSR count). The highest BCUT2D eigenvalue weighted by atomic mass is 16.5. The smallest absolute Gasteiger partial charge is 0.174 e. The monoisotopic (exact) mass is 253 g/mol. The normalized spacial score (nSPS) is 9.84. The number of benzene rings is 1. The summed E-state index contributed by atoms with van der Waals surface area (Å²) in [7, 11) is 0. The van der Waals surface area contributed by atoms with Crippen molar-refractivity contribution in [2.45, 2.75) is 13.1 Å². The van der Waals surface area contributed by atoms with E-state index in [0.29, 0.717) is 6.54 Å². The van der Waals surface area contributed by atoms with Crippen LogP contribution in [0.4, 0.5) is 0 Å². The molecular formula is C15H15N3O. The first kappa shape index (κ1) is 13.1. The summed E-state index contributed by atoms with van der Waals surface area (Å²) >= 11 is 0. The minimum atomic E-state index is 0.0708. The van der Waals surface area contributed by atoms with Crippen molar-refractivity contribution < 1.29 is 4.74 Å². The first-order valence-corrected chi connectivity index (χ1v) is 6.07. The molecule has 4 heteroatoms. The molecule has 96 valence electrons. The summed E-state index contributed by atoms with van der Waals surface area (Å²) in [4.78, 5) is 3.98. The van der Waals surface area contributed by atoms with Crippen LogP contribution in [0.25, 0.3) is 0 Å². The maximum Gasteiger partial charge on any atom is 0.174 e. The molecule has 1 heterocycles. The van der Waals surface area contributed by atoms with Gasteiger partial charge in [0.25, 0.3) is 0 Å². The standard InChI is InChI=1S/C15H15N3O/c16-7-10-19-15-4-2-1-3-14(15)12-18-11-13-5-8-17-9-6-13/h1-6,8-9,18H,10-12H2. The van der Waals surface area contributed by atoms with Gasteiger partial charge in [-0.15, -0.1) is 0 Å². The molecular weight excluding hydrogens is 238 g/mol. The fourth-order valence-electron chi connectivity index (χ4n) is 1.74. The van der Waals surface area contributed by atoms with Crippen LogP contribution in [0, 0.1) is 11.3 Å². The zero-order valence-electron chi connectivity index (χ0n) is 10.5. The molecule has 0 saturated heterocycles. The number of nitrogens with one attached hydrogen (secondary N) is 1. The number of aromatic nitrogens is 1. The summed E-state index contributed by atoms with van der Waals surface area (Å²) < 4.78 is 5.38. The van der Waals surface area contributed by atoms with Gasteiger partial charge >= 0.3 is 0 Å². The van der Waals surface area contributed by atoms with Crippen LogP contribution in [-0.2, 0) is 13.1 Å². The second-order valence-electron chi connectivity index (χ2n) is 4.01. The van der Waals surface area contributed by atoms with Crippen molar-refractivity contribution in [3.8, 4) is 11.8 Å². The molecule has 1 aromatic heterocycles. The maximum absolute atomic E-state index is 8.55. The van der Waals surface area contributed by atoms with Gasteiger partial charge in [-0.2, -0.15) is 5.26 Å². The third kappa shape index (κ3) is 4.09. The molecule has 4 nitrogen and oxygen atoms in total. The number of nitrogens with zero attached hydrogens (tertiary/aromatic N) is 2. The molecule has 0 unspecified atom stereocenters. The van der Waals surface area contributed by atoms with Gasteiger partial charge in [-0.25, -0.2) is 0 Å². The van der Waals surface area contributed by atoms with E-state index in [-0.39, 0.29) is 6.61 Å². The van der Waals surface area contributed by atoms with Crippen molar-refractivity contribution in [1.82, 2.24) is 10.3 Å². The van der Waals surface area contributed by atoms with Crippen LogP contribution in [-0.4, -0.2) is 11.6 Å². The van der Waals surface area contributed by atoms with Crippen molar-refractivity contribution in [3.63, 3.8) is 0 Å². The summed E-state index contributed by atoms with van der Waals surface area (Å²) in [5, 5.41) is 11.9. The van der Waals surface area contributed by atoms with Gasteiger partial charge in [-0.05, 0) is 23.8 Å². The third-order valence-electron chi connectivity index (χ3n) is 2.66. The fourth-order valence-corrected chi connectivity index (χ4v) is 1.74. The summed E-state index contributed by atoms with van der Waals surface area (Å²) in [6.45, 7) is 1.54. The van der Waals surface area contributed by atoms with Crippen molar-refractivity contribution in [3.05, 3.63) is 59.9 Å². The van der Waals surface area contributed by atoms with Crippen LogP contribution in [0.1, 0.15) is 11.1 Å². The van der Waals surface area contributed by atoms with Gasteiger partial charge in [-0.1, -0.05) is 18.2 Å². The summed E-state index contributed by atoms with van der Waals surface area (Å²) in [6, 6.07) is 13.7. The average Bonchev–Trinajstić information content (AvgIpc) is 2.47. The Labute approximate surface area is 112 Å². The highest BCUT2D eigenvalue weighted by Crippen LogP contribution is 2.17. The average molecular weight is 253 g/mol. The molecule has 0 spiro atoms. The molecule has 0 fully saturated rings. The van der Waals surface area contributed by atoms with E-state index >= 15 is 0 Å². The molecule has 0 atom stereocenters. The van der Waals surface area contributed by atoms with Gasteiger partial charge in [0.2, 0.25) is 0 Å². The van der Waals surface area contributed by atoms with Gasteiger partial charge in [0.15, 0.2) is 6.61 Å². The predicted octanol–water partition coefficient (Wildman–Crippen LogP) is 2.27. The minimum Gasteiger partial charge on any atom is -0.478 e. The topological polar surface area (TPSA) is 57.9 Å². The quantitative estimate of drug-likeness (QED) is 0.858. The van der Waals surface area contributed by atoms with Gasteiger partial charge in [0.1, 0.15) is 11.8 Å². The number of ether oxygens (including phenoxy) is 1. The molecule has 0 bridgehead atoms. The largest absolute Gasteiger partial charge is 0.478 e. The van der Waals surface area contributed by atoms with Crippen molar-refractivity contribution >= 4 is 0 Å². The highest BCUT2D eigenvalue weighted by molar-refractivity contribution is 5.33. The molecule has 0 aliphatic heterocycles. The van der Waals surface area contributed by atoms with Crippen LogP contribution < -0.4 is 10.1 Å². The van der Waals surface area contributed by atoms with E-state index < -0.39 is 0 Å². The number of rotatable bonds is 6. The molecule has 0 amide bonds. The van der Waals surface area contributed by atoms with Gasteiger partial charge in [0, 0.05) is 31.0 Å². The lowest BCUT2D eigenvalue weighted by molar-refractivity contribution is 0.362. The first-order valence-electron chi connectivity index (χ1n) is 6.07. The van der Waals surface area contributed by atoms with Crippen molar-refractivity contribution in [2.24, 2.45) is 0 Å². The van der Waals surface area contributed by atoms with Crippen LogP contribution in [0.15, 0.2) is 48.8 Å². The third-order valence-corrected chi connectivity index (χ3v) is 2.66. The number of para-hydroxylation sites is 1. The second-order valence-corrected chi connectivity index (χ2v) is 4.01. The number of nitriles is 1. The summed E-state index contributed by atoms with van der Waals surface area (Å²) in [6.07, 6.45) is 3.56. The minimum absolute atomic E-state index is 0.0708. The molecule has 1 aromatic carbocycles. The van der Waals surface area contributed by atoms with Crippen LogP contribution in [0.5, 0.6) is 5.75 Å². The van der Waals surface area contributed by atoms with E-state index in [1.165, 1.54) is 5.56 Å². The van der Waals surface area contributed by atoms with Crippen molar-refractivity contribution in [1.29, 1.82) is 5.26 Å². The Morgan fingerprint density at radius 3 is 2.68 bits per heavy atom. The molecule has 0 aliphatic carbocycles. The van der Waals surface area contributed by atoms with E-state index in [9.17, 15) is 0 Å². The van der Waals surface area contributed by atoms with E-state index in [2.05, 4.69) is 10.3 Å². The van der Waals surface area contributed by atoms with Crippen LogP contribution in [0.3, 0.4) is 0 Å². The molecule has 2 aromatic rings.